The predicted molar refractivity (Wildman–Crippen MR) is 465 cm³/mol. The lowest BCUT2D eigenvalue weighted by molar-refractivity contribution is -0.162. The van der Waals surface area contributed by atoms with E-state index >= 15 is 0 Å². The number of allylic oxidation sites excluding steroid dienone is 6. The number of benzene rings is 3. The van der Waals surface area contributed by atoms with Gasteiger partial charge < -0.3 is 87.2 Å². The van der Waals surface area contributed by atoms with Crippen LogP contribution in [0.1, 0.15) is 131 Å². The number of aliphatic hydroxyl groups is 2. The van der Waals surface area contributed by atoms with E-state index in [4.69, 9.17) is 70.6 Å². The quantitative estimate of drug-likeness (QED) is 0.00691. The van der Waals surface area contributed by atoms with E-state index in [9.17, 15) is 75.7 Å². The van der Waals surface area contributed by atoms with Gasteiger partial charge in [0.05, 0.1) is 50.6 Å². The number of carbonyl (C=O) groups excluding carboxylic acids is 10. The highest BCUT2D eigenvalue weighted by Gasteiger charge is 2.66. The standard InChI is InChI=1S/C45H54ClF4N3O12S2.C40H57ClN4O11S2/c1-23-11-9-12-32(61-8)45(59)22-31(62-43(58)51-45)24(2)41-44(4,65-41)33(21-35(55)53(6)29-18-26(17-23)19-30(60-7)37(29)46)63-42(57)25(3)52(5)34(54)14-16-67-66-15-10-13-36(56)64-40-38(49)27(47)20-28(48)39(40)50;1-23-12-10-13-30(53-9)40(51)22-29(54-38(50)43-40)24(2)36-39(4,56-36)31(21-34(48)45(7)27-19-26(18-23)20-28(52-8)35(27)41)55-37(49)25(3)44(6)33(47)15-17-58-57-16-11-14-32(46)42-5/h9,11-12,18-20,24-25,31-33,41,59H,10,13-17,21-22H2,1-8H3,(H,51,58);10,12-13,19-20,24-25,29-31,36,51H,11,14-18,21-22H2,1-9H3,(H,42,46)(H,43,50)/b12-9+,23-11+;13-10+,23-12+/t24-,25+,31+,32-,33+,41+,44+,45+;24-,25+,29+,30-,31+,36+,39+,40+/m11/s1. The van der Waals surface area contributed by atoms with Gasteiger partial charge in [-0.1, -0.05) is 128 Å². The van der Waals surface area contributed by atoms with Gasteiger partial charge in [0.1, 0.15) is 81.5 Å². The highest BCUT2D eigenvalue weighted by Crippen LogP contribution is 2.52. The Balaban J connectivity index is 0.000000313. The van der Waals surface area contributed by atoms with Gasteiger partial charge in [0.25, 0.3) is 0 Å². The molecular formula is C85H111Cl2F4N7O23S4. The van der Waals surface area contributed by atoms with Crippen LogP contribution in [0.2, 0.25) is 10.0 Å². The molecule has 30 nitrogen and oxygen atoms in total. The molecular weight excluding hydrogens is 1760 g/mol. The zero-order valence-corrected chi connectivity index (χ0v) is 77.5. The predicted octanol–water partition coefficient (Wildman–Crippen LogP) is 12.0. The van der Waals surface area contributed by atoms with Crippen LogP contribution in [0.3, 0.4) is 0 Å². The molecule has 6 aliphatic rings. The molecule has 690 valence electrons. The number of nitrogens with zero attached hydrogens (tertiary/aromatic N) is 4. The van der Waals surface area contributed by atoms with E-state index in [-0.39, 0.29) is 78.6 Å². The minimum absolute atomic E-state index is 0.00119. The molecule has 0 aliphatic carbocycles. The molecule has 0 spiro atoms. The van der Waals surface area contributed by atoms with Gasteiger partial charge in [0, 0.05) is 129 Å². The Kier molecular flexibility index (Phi) is 37.1. The minimum atomic E-state index is -1.89. The number of hydrogen-bond donors (Lipinski definition) is 5. The molecule has 0 saturated carbocycles. The molecule has 16 atom stereocenters. The van der Waals surface area contributed by atoms with Crippen molar-refractivity contribution in [1.29, 1.82) is 0 Å². The number of amides is 7. The average Bonchev–Trinajstić information content (AvgIpc) is 1.57. The first-order valence-electron chi connectivity index (χ1n) is 40.4. The third kappa shape index (κ3) is 26.2. The maximum absolute atomic E-state index is 14.3. The zero-order valence-electron chi connectivity index (χ0n) is 72.8. The van der Waals surface area contributed by atoms with E-state index in [1.54, 1.807) is 108 Å². The van der Waals surface area contributed by atoms with Crippen LogP contribution in [0.15, 0.2) is 77.9 Å². The van der Waals surface area contributed by atoms with Crippen molar-refractivity contribution in [2.45, 2.75) is 216 Å². The number of alkyl carbamates (subject to hydrolysis) is 2. The first-order valence-corrected chi connectivity index (χ1v) is 46.1. The maximum Gasteiger partial charge on any atom is 0.409 e. The summed E-state index contributed by atoms with van der Waals surface area (Å²) in [6.07, 6.45) is 2.27. The number of hydrogen-bond acceptors (Lipinski definition) is 27. The largest absolute Gasteiger partial charge is 0.495 e. The number of fused-ring (bicyclic) bond motifs is 10. The maximum atomic E-state index is 14.3. The van der Waals surface area contributed by atoms with Gasteiger partial charge in [0.15, 0.2) is 23.1 Å². The zero-order chi connectivity index (χ0) is 92.5. The number of methoxy groups -OCH3 is 4. The van der Waals surface area contributed by atoms with Crippen LogP contribution in [0.4, 0.5) is 38.5 Å². The normalized spacial score (nSPS) is 28.1. The van der Waals surface area contributed by atoms with Gasteiger partial charge in [-0.15, -0.1) is 0 Å². The average molecular weight is 1870 g/mol. The molecule has 40 heteroatoms. The Hall–Kier alpha value is -8.02. The summed E-state index contributed by atoms with van der Waals surface area (Å²) in [4.78, 5) is 137. The van der Waals surface area contributed by atoms with Crippen molar-refractivity contribution in [3.63, 3.8) is 0 Å². The first kappa shape index (κ1) is 102. The van der Waals surface area contributed by atoms with Gasteiger partial charge >= 0.3 is 30.1 Å². The Labute approximate surface area is 750 Å². The fourth-order valence-electron chi connectivity index (χ4n) is 14.8. The molecule has 6 heterocycles. The Morgan fingerprint density at radius 1 is 0.608 bits per heavy atom. The number of rotatable bonds is 27. The van der Waals surface area contributed by atoms with Crippen LogP contribution in [0.25, 0.3) is 0 Å². The van der Waals surface area contributed by atoms with E-state index in [1.807, 2.05) is 26.0 Å². The number of epoxide rings is 2. The number of esters is 3. The minimum Gasteiger partial charge on any atom is -0.495 e. The van der Waals surface area contributed by atoms with Crippen LogP contribution in [0.5, 0.6) is 17.2 Å². The second-order valence-corrected chi connectivity index (χ2v) is 37.9. The number of likely N-dealkylation sites (N-methyl/N-ethyl adjacent to an activating group) is 2. The molecule has 6 aliphatic heterocycles. The van der Waals surface area contributed by atoms with Gasteiger partial charge in [-0.05, 0) is 103 Å². The molecule has 4 saturated heterocycles. The van der Waals surface area contributed by atoms with Crippen molar-refractivity contribution in [2.75, 3.05) is 96.5 Å². The van der Waals surface area contributed by atoms with Crippen molar-refractivity contribution < 1.29 is 128 Å². The second-order valence-electron chi connectivity index (χ2n) is 31.7. The first-order chi connectivity index (χ1) is 58.9. The molecule has 4 fully saturated rings. The van der Waals surface area contributed by atoms with Gasteiger partial charge in [-0.3, -0.25) is 39.4 Å². The van der Waals surface area contributed by atoms with E-state index in [0.717, 1.165) is 34.4 Å². The number of carbonyl (C=O) groups is 10. The molecule has 8 bridgehead atoms. The third-order valence-electron chi connectivity index (χ3n) is 22.8. The molecule has 3 aromatic rings. The summed E-state index contributed by atoms with van der Waals surface area (Å²) in [6.45, 7) is 13.7. The van der Waals surface area contributed by atoms with Crippen molar-refractivity contribution in [1.82, 2.24) is 25.8 Å². The van der Waals surface area contributed by atoms with Crippen LogP contribution in [0, 0.1) is 35.1 Å². The Morgan fingerprint density at radius 2 is 0.992 bits per heavy atom. The van der Waals surface area contributed by atoms with Gasteiger partial charge in [0.2, 0.25) is 46.9 Å². The molecule has 5 N–H and O–H groups in total. The summed E-state index contributed by atoms with van der Waals surface area (Å²) in [5, 5.41) is 31.5. The Morgan fingerprint density at radius 3 is 1.37 bits per heavy atom. The fraction of sp³-hybridized carbons (Fsp3) is 0.576. The summed E-state index contributed by atoms with van der Waals surface area (Å²) < 4.78 is 118. The monoisotopic (exact) mass is 1870 g/mol. The van der Waals surface area contributed by atoms with E-state index in [2.05, 4.69) is 20.7 Å². The lowest BCUT2D eigenvalue weighted by atomic mass is 9.83. The highest BCUT2D eigenvalue weighted by molar-refractivity contribution is 8.77. The van der Waals surface area contributed by atoms with Gasteiger partial charge in [-0.25, -0.2) is 28.0 Å². The molecule has 0 aromatic heterocycles. The molecule has 9 rings (SSSR count). The molecule has 3 aromatic carbocycles. The van der Waals surface area contributed by atoms with Crippen LogP contribution < -0.4 is 40.0 Å². The van der Waals surface area contributed by atoms with E-state index in [1.165, 1.54) is 108 Å². The Bertz CT molecular complexity index is 4560. The second kappa shape index (κ2) is 45.3. The summed E-state index contributed by atoms with van der Waals surface area (Å²) >= 11 is 13.5. The van der Waals surface area contributed by atoms with E-state index < -0.39 is 179 Å². The summed E-state index contributed by atoms with van der Waals surface area (Å²) in [7, 11) is 19.1. The lowest BCUT2D eigenvalue weighted by Crippen LogP contribution is -2.63. The van der Waals surface area contributed by atoms with Crippen LogP contribution in [-0.4, -0.2) is 250 Å². The smallest absolute Gasteiger partial charge is 0.409 e. The molecule has 0 unspecified atom stereocenters. The van der Waals surface area contributed by atoms with Crippen LogP contribution >= 0.6 is 66.4 Å². The van der Waals surface area contributed by atoms with Crippen molar-refractivity contribution in [3.05, 3.63) is 122 Å². The fourth-order valence-corrected chi connectivity index (χ4v) is 19.5. The SMILES string of the molecule is CNC(=O)CCCSSCCC(=O)N(C)[C@@H](C)C(=O)O[C@H]1CC(=O)N(C)c2cc(cc(OC)c2Cl)C/C(C)=C/C=C/[C@@H](OC)[C@@]2(O)C[C@H](OC(=O)N2)[C@@H](C)[C@@H]2O[C@@]12C.COc1cc2cc(c1Cl)N(C)C(=O)C[C@H](OC(=O)[C@H](C)N(C)C(=O)CCSSCCCC(=O)Oc1c(F)c(F)cc(F)c1F)[C@]1(C)O[C@H]1[C@H](C)[C@@H]1C[C@@](O)(NC(=O)O1)[C@H](OC)/C=C/C=C(\C)C2. The molecule has 125 heavy (non-hydrogen) atoms. The van der Waals surface area contributed by atoms with Gasteiger partial charge in [-0.2, -0.15) is 8.78 Å². The van der Waals surface area contributed by atoms with Crippen molar-refractivity contribution in [2.24, 2.45) is 11.8 Å². The van der Waals surface area contributed by atoms with Crippen LogP contribution in [-0.2, 0) is 89.1 Å². The van der Waals surface area contributed by atoms with E-state index in [0.29, 0.717) is 53.6 Å². The summed E-state index contributed by atoms with van der Waals surface area (Å²) in [5.41, 5.74) is -2.21. The van der Waals surface area contributed by atoms with Crippen molar-refractivity contribution >= 4 is 137 Å². The number of halogens is 6. The lowest BCUT2D eigenvalue weighted by Gasteiger charge is -2.42. The topological polar surface area (TPSA) is 368 Å². The number of ether oxygens (including phenoxy) is 11. The molecule has 0 radical (unpaired) electrons. The highest BCUT2D eigenvalue weighted by atomic mass is 35.5. The number of anilines is 2. The van der Waals surface area contributed by atoms with Crippen molar-refractivity contribution in [3.8, 4) is 17.2 Å². The third-order valence-corrected chi connectivity index (χ3v) is 28.6. The summed E-state index contributed by atoms with van der Waals surface area (Å²) in [6, 6.07) is 4.94. The summed E-state index contributed by atoms with van der Waals surface area (Å²) in [5.74, 6) is -11.4. The number of nitrogens with one attached hydrogen (secondary N) is 3. The molecule has 7 amide bonds.